The van der Waals surface area contributed by atoms with E-state index in [9.17, 15) is 4.79 Å². The predicted octanol–water partition coefficient (Wildman–Crippen LogP) is 4.70. The number of fused-ring (bicyclic) bond motifs is 1. The second-order valence-electron chi connectivity index (χ2n) is 6.46. The van der Waals surface area contributed by atoms with Gasteiger partial charge in [-0.05, 0) is 37.5 Å². The van der Waals surface area contributed by atoms with E-state index in [2.05, 4.69) is 15.5 Å². The fourth-order valence-corrected chi connectivity index (χ4v) is 4.25. The number of hydrazone groups is 1. The summed E-state index contributed by atoms with van der Waals surface area (Å²) in [5.41, 5.74) is 9.25. The number of carbonyl (C=O) groups is 1. The van der Waals surface area contributed by atoms with Crippen LogP contribution in [-0.2, 0) is 0 Å². The highest BCUT2D eigenvalue weighted by Crippen LogP contribution is 2.39. The highest BCUT2D eigenvalue weighted by atomic mass is 35.5. The van der Waals surface area contributed by atoms with Gasteiger partial charge in [-0.25, -0.2) is 10.4 Å². The molecular formula is C16H19Cl3N4O. The van der Waals surface area contributed by atoms with Crippen LogP contribution in [0.2, 0.25) is 15.2 Å². The van der Waals surface area contributed by atoms with Gasteiger partial charge in [-0.15, -0.1) is 0 Å². The molecular weight excluding hydrogens is 371 g/mol. The van der Waals surface area contributed by atoms with Gasteiger partial charge in [0, 0.05) is 5.71 Å². The molecule has 0 aromatic carbocycles. The summed E-state index contributed by atoms with van der Waals surface area (Å²) in [6.45, 7) is 0. The molecule has 0 aliphatic heterocycles. The van der Waals surface area contributed by atoms with Crippen LogP contribution in [0.15, 0.2) is 5.10 Å². The Labute approximate surface area is 155 Å². The zero-order valence-electron chi connectivity index (χ0n) is 13.1. The summed E-state index contributed by atoms with van der Waals surface area (Å²) in [4.78, 5) is 16.2. The number of aromatic nitrogens is 1. The summed E-state index contributed by atoms with van der Waals surface area (Å²) in [5.74, 6) is 0.980. The van der Waals surface area contributed by atoms with Crippen molar-refractivity contribution in [3.63, 3.8) is 0 Å². The van der Waals surface area contributed by atoms with Crippen molar-refractivity contribution in [3.05, 3.63) is 20.9 Å². The van der Waals surface area contributed by atoms with Crippen LogP contribution in [0.3, 0.4) is 0 Å². The Bertz CT molecular complexity index is 692. The Morgan fingerprint density at radius 3 is 2.58 bits per heavy atom. The van der Waals surface area contributed by atoms with Crippen LogP contribution in [-0.4, -0.2) is 16.6 Å². The quantitative estimate of drug-likeness (QED) is 0.568. The third-order valence-corrected chi connectivity index (χ3v) is 6.11. The number of nitrogens with one attached hydrogen (secondary N) is 1. The van der Waals surface area contributed by atoms with Crippen molar-refractivity contribution in [2.75, 3.05) is 5.73 Å². The average molecular weight is 390 g/mol. The number of carbonyl (C=O) groups excluding carboxylic acids is 1. The Hall–Kier alpha value is -1.04. The SMILES string of the molecule is Nc1c(Cl)c(Cl)nc(C(=O)N/N=C2/CC[C@H]3CCCC[C@@H]3C2)c1Cl. The van der Waals surface area contributed by atoms with Crippen molar-refractivity contribution in [3.8, 4) is 0 Å². The third-order valence-electron chi connectivity index (χ3n) is 4.97. The number of nitrogens with zero attached hydrogens (tertiary/aromatic N) is 2. The van der Waals surface area contributed by atoms with Crippen LogP contribution in [0.1, 0.15) is 55.4 Å². The van der Waals surface area contributed by atoms with Gasteiger partial charge in [0.25, 0.3) is 5.91 Å². The number of amides is 1. The number of pyridine rings is 1. The normalized spacial score (nSPS) is 25.4. The predicted molar refractivity (Wildman–Crippen MR) is 97.9 cm³/mol. The molecule has 8 heteroatoms. The number of nitrogen functional groups attached to an aromatic ring is 1. The summed E-state index contributed by atoms with van der Waals surface area (Å²) in [5, 5.41) is 4.24. The fraction of sp³-hybridized carbons (Fsp3) is 0.562. The molecule has 2 saturated carbocycles. The molecule has 3 rings (SSSR count). The molecule has 0 unspecified atom stereocenters. The van der Waals surface area contributed by atoms with E-state index in [0.717, 1.165) is 30.9 Å². The summed E-state index contributed by atoms with van der Waals surface area (Å²) in [7, 11) is 0. The number of rotatable bonds is 2. The molecule has 0 bridgehead atoms. The fourth-order valence-electron chi connectivity index (χ4n) is 3.66. The molecule has 0 radical (unpaired) electrons. The lowest BCUT2D eigenvalue weighted by Gasteiger charge is -2.35. The van der Waals surface area contributed by atoms with E-state index in [1.807, 2.05) is 0 Å². The molecule has 2 fully saturated rings. The molecule has 0 spiro atoms. The molecule has 0 saturated heterocycles. The molecule has 24 heavy (non-hydrogen) atoms. The maximum atomic E-state index is 12.3. The second-order valence-corrected chi connectivity index (χ2v) is 7.57. The van der Waals surface area contributed by atoms with Gasteiger partial charge in [0.2, 0.25) is 0 Å². The van der Waals surface area contributed by atoms with Gasteiger partial charge in [0.1, 0.15) is 5.02 Å². The molecule has 130 valence electrons. The largest absolute Gasteiger partial charge is 0.396 e. The van der Waals surface area contributed by atoms with E-state index >= 15 is 0 Å². The van der Waals surface area contributed by atoms with Crippen LogP contribution < -0.4 is 11.2 Å². The molecule has 1 aromatic rings. The van der Waals surface area contributed by atoms with E-state index in [1.165, 1.54) is 25.7 Å². The number of hydrogen-bond donors (Lipinski definition) is 2. The minimum absolute atomic E-state index is 0.0157. The first-order valence-electron chi connectivity index (χ1n) is 8.13. The summed E-state index contributed by atoms with van der Waals surface area (Å²) < 4.78 is 0. The van der Waals surface area contributed by atoms with Crippen LogP contribution in [0, 0.1) is 11.8 Å². The summed E-state index contributed by atoms with van der Waals surface area (Å²) >= 11 is 17.8. The minimum Gasteiger partial charge on any atom is -0.396 e. The Morgan fingerprint density at radius 1 is 1.12 bits per heavy atom. The van der Waals surface area contributed by atoms with Crippen molar-refractivity contribution in [2.45, 2.75) is 44.9 Å². The van der Waals surface area contributed by atoms with Crippen LogP contribution in [0.25, 0.3) is 0 Å². The van der Waals surface area contributed by atoms with Gasteiger partial charge in [-0.3, -0.25) is 4.79 Å². The molecule has 1 heterocycles. The maximum absolute atomic E-state index is 12.3. The van der Waals surface area contributed by atoms with Crippen LogP contribution >= 0.6 is 34.8 Å². The Morgan fingerprint density at radius 2 is 1.83 bits per heavy atom. The zero-order chi connectivity index (χ0) is 17.3. The van der Waals surface area contributed by atoms with Crippen LogP contribution in [0.4, 0.5) is 5.69 Å². The van der Waals surface area contributed by atoms with E-state index < -0.39 is 5.91 Å². The molecule has 1 amide bonds. The molecule has 2 atom stereocenters. The first-order valence-corrected chi connectivity index (χ1v) is 9.26. The standard InChI is InChI=1S/C16H19Cl3N4O/c17-11-13(20)12(18)15(19)21-14(11)16(24)23-22-10-6-5-8-3-1-2-4-9(8)7-10/h8-9H,1-7H2,(H2,20,21)(H,23,24)/b22-10-/t8-,9-/m1/s1. The smallest absolute Gasteiger partial charge is 0.291 e. The summed E-state index contributed by atoms with van der Waals surface area (Å²) in [6, 6.07) is 0. The zero-order valence-corrected chi connectivity index (χ0v) is 15.4. The monoisotopic (exact) mass is 388 g/mol. The molecule has 5 nitrogen and oxygen atoms in total. The van der Waals surface area contributed by atoms with Gasteiger partial charge < -0.3 is 5.73 Å². The molecule has 2 aliphatic carbocycles. The topological polar surface area (TPSA) is 80.4 Å². The lowest BCUT2D eigenvalue weighted by Crippen LogP contribution is -2.30. The van der Waals surface area contributed by atoms with E-state index in [4.69, 9.17) is 40.5 Å². The van der Waals surface area contributed by atoms with Crippen LogP contribution in [0.5, 0.6) is 0 Å². The number of anilines is 1. The van der Waals surface area contributed by atoms with Crippen molar-refractivity contribution < 1.29 is 4.79 Å². The first kappa shape index (κ1) is 17.8. The highest BCUT2D eigenvalue weighted by molar-refractivity contribution is 6.46. The highest BCUT2D eigenvalue weighted by Gasteiger charge is 2.30. The number of nitrogens with two attached hydrogens (primary N) is 1. The summed E-state index contributed by atoms with van der Waals surface area (Å²) in [6.07, 6.45) is 8.25. The number of halogens is 3. The Balaban J connectivity index is 1.69. The lowest BCUT2D eigenvalue weighted by atomic mass is 9.70. The number of hydrogen-bond acceptors (Lipinski definition) is 4. The molecule has 2 aliphatic rings. The lowest BCUT2D eigenvalue weighted by molar-refractivity contribution is 0.0949. The first-order chi connectivity index (χ1) is 11.5. The van der Waals surface area contributed by atoms with Gasteiger partial charge in [0.15, 0.2) is 10.8 Å². The Kier molecular flexibility index (Phi) is 5.52. The molecule has 1 aromatic heterocycles. The van der Waals surface area contributed by atoms with Gasteiger partial charge in [-0.1, -0.05) is 54.1 Å². The van der Waals surface area contributed by atoms with Crippen molar-refractivity contribution >= 4 is 52.1 Å². The van der Waals surface area contributed by atoms with E-state index in [-0.39, 0.29) is 26.6 Å². The average Bonchev–Trinajstić information content (AvgIpc) is 2.60. The maximum Gasteiger partial charge on any atom is 0.291 e. The van der Waals surface area contributed by atoms with Gasteiger partial charge in [-0.2, -0.15) is 5.10 Å². The van der Waals surface area contributed by atoms with Gasteiger partial charge >= 0.3 is 0 Å². The van der Waals surface area contributed by atoms with Crippen molar-refractivity contribution in [1.29, 1.82) is 0 Å². The van der Waals surface area contributed by atoms with E-state index in [1.54, 1.807) is 0 Å². The van der Waals surface area contributed by atoms with E-state index in [0.29, 0.717) is 5.92 Å². The van der Waals surface area contributed by atoms with Gasteiger partial charge in [0.05, 0.1) is 10.7 Å². The molecule has 3 N–H and O–H groups in total. The third kappa shape index (κ3) is 3.63. The minimum atomic E-state index is -0.538. The van der Waals surface area contributed by atoms with Crippen molar-refractivity contribution in [1.82, 2.24) is 10.4 Å². The second kappa shape index (κ2) is 7.46. The van der Waals surface area contributed by atoms with Crippen molar-refractivity contribution in [2.24, 2.45) is 16.9 Å².